The molecule has 0 aliphatic heterocycles. The molecule has 37 heavy (non-hydrogen) atoms. The molecule has 0 aromatic heterocycles. The minimum absolute atomic E-state index is 0.00452. The van der Waals surface area contributed by atoms with E-state index in [2.05, 4.69) is 5.32 Å². The smallest absolute Gasteiger partial charge is 0.271 e. The standard InChI is InChI=1S/C23H28Cl2N4O7S/c1-14(2)26-23(31)15(3)27(12-17-18(24)7-6-8-19(17)25)22(30)13-28(37(5,34)35)20-11-16(29(32)33)9-10-21(20)36-4/h6-11,14-15H,12-13H2,1-5H3,(H,26,31). The first kappa shape index (κ1) is 30.1. The number of sulfonamides is 1. The van der Waals surface area contributed by atoms with Gasteiger partial charge >= 0.3 is 0 Å². The normalized spacial score (nSPS) is 12.1. The van der Waals surface area contributed by atoms with Gasteiger partial charge in [0.2, 0.25) is 21.8 Å². The number of hydrogen-bond donors (Lipinski definition) is 1. The molecule has 2 aromatic rings. The van der Waals surface area contributed by atoms with E-state index in [4.69, 9.17) is 27.9 Å². The van der Waals surface area contributed by atoms with Crippen molar-refractivity contribution < 1.29 is 27.7 Å². The van der Waals surface area contributed by atoms with Crippen molar-refractivity contribution in [2.45, 2.75) is 39.4 Å². The summed E-state index contributed by atoms with van der Waals surface area (Å²) in [4.78, 5) is 38.2. The van der Waals surface area contributed by atoms with E-state index in [0.717, 1.165) is 23.3 Å². The number of methoxy groups -OCH3 is 1. The van der Waals surface area contributed by atoms with Gasteiger partial charge in [0.1, 0.15) is 24.0 Å². The van der Waals surface area contributed by atoms with E-state index in [1.807, 2.05) is 0 Å². The fourth-order valence-corrected chi connectivity index (χ4v) is 4.78. The number of hydrogen-bond acceptors (Lipinski definition) is 7. The summed E-state index contributed by atoms with van der Waals surface area (Å²) in [6.45, 7) is 4.01. The van der Waals surface area contributed by atoms with Gasteiger partial charge in [0, 0.05) is 40.3 Å². The van der Waals surface area contributed by atoms with Gasteiger partial charge in [0.15, 0.2) is 0 Å². The zero-order valence-corrected chi connectivity index (χ0v) is 23.2. The highest BCUT2D eigenvalue weighted by molar-refractivity contribution is 7.92. The molecule has 2 aromatic carbocycles. The monoisotopic (exact) mass is 574 g/mol. The highest BCUT2D eigenvalue weighted by Crippen LogP contribution is 2.34. The number of nitrogens with one attached hydrogen (secondary N) is 1. The van der Waals surface area contributed by atoms with E-state index in [1.165, 1.54) is 20.1 Å². The van der Waals surface area contributed by atoms with Crippen LogP contribution >= 0.6 is 23.2 Å². The van der Waals surface area contributed by atoms with Gasteiger partial charge in [-0.15, -0.1) is 0 Å². The van der Waals surface area contributed by atoms with E-state index in [1.54, 1.807) is 32.0 Å². The van der Waals surface area contributed by atoms with Gasteiger partial charge in [-0.05, 0) is 39.0 Å². The van der Waals surface area contributed by atoms with Gasteiger partial charge in [0.25, 0.3) is 5.69 Å². The number of rotatable bonds is 11. The summed E-state index contributed by atoms with van der Waals surface area (Å²) in [5, 5.41) is 14.6. The Morgan fingerprint density at radius 3 is 2.22 bits per heavy atom. The van der Waals surface area contributed by atoms with Crippen molar-refractivity contribution in [3.05, 3.63) is 62.1 Å². The number of non-ortho nitro benzene ring substituents is 1. The maximum absolute atomic E-state index is 13.6. The zero-order chi connectivity index (χ0) is 28.1. The van der Waals surface area contributed by atoms with Crippen LogP contribution in [0.5, 0.6) is 5.75 Å². The fourth-order valence-electron chi connectivity index (χ4n) is 3.42. The molecule has 2 amide bonds. The van der Waals surface area contributed by atoms with Gasteiger partial charge < -0.3 is 15.0 Å². The number of nitrogens with zero attached hydrogens (tertiary/aromatic N) is 3. The van der Waals surface area contributed by atoms with Crippen molar-refractivity contribution in [3.8, 4) is 5.75 Å². The van der Waals surface area contributed by atoms with E-state index >= 15 is 0 Å². The molecule has 0 heterocycles. The summed E-state index contributed by atoms with van der Waals surface area (Å²) in [6.07, 6.45) is 0.850. The molecule has 0 radical (unpaired) electrons. The van der Waals surface area contributed by atoms with E-state index < -0.39 is 45.0 Å². The molecule has 0 fully saturated rings. The predicted molar refractivity (Wildman–Crippen MR) is 142 cm³/mol. The lowest BCUT2D eigenvalue weighted by Crippen LogP contribution is -2.52. The van der Waals surface area contributed by atoms with Crippen LogP contribution in [0.1, 0.15) is 26.3 Å². The molecular weight excluding hydrogens is 547 g/mol. The first-order valence-electron chi connectivity index (χ1n) is 11.0. The van der Waals surface area contributed by atoms with Gasteiger partial charge in [0.05, 0.1) is 18.3 Å². The van der Waals surface area contributed by atoms with Gasteiger partial charge in [-0.25, -0.2) is 8.42 Å². The number of amides is 2. The number of nitro groups is 1. The number of halogens is 2. The largest absolute Gasteiger partial charge is 0.495 e. The first-order valence-corrected chi connectivity index (χ1v) is 13.6. The molecule has 1 unspecified atom stereocenters. The molecule has 0 aliphatic carbocycles. The third kappa shape index (κ3) is 7.70. The molecule has 11 nitrogen and oxygen atoms in total. The number of ether oxygens (including phenoxy) is 1. The van der Waals surface area contributed by atoms with E-state index in [-0.39, 0.29) is 34.1 Å². The quantitative estimate of drug-likeness (QED) is 0.319. The Labute approximate surface area is 225 Å². The summed E-state index contributed by atoms with van der Waals surface area (Å²) in [5.74, 6) is -1.26. The summed E-state index contributed by atoms with van der Waals surface area (Å²) in [7, 11) is -2.88. The van der Waals surface area contributed by atoms with E-state index in [9.17, 15) is 28.1 Å². The van der Waals surface area contributed by atoms with Crippen molar-refractivity contribution in [2.75, 3.05) is 24.2 Å². The number of anilines is 1. The highest BCUT2D eigenvalue weighted by Gasteiger charge is 2.32. The lowest BCUT2D eigenvalue weighted by Gasteiger charge is -2.32. The maximum atomic E-state index is 13.6. The van der Waals surface area contributed by atoms with Gasteiger partial charge in [-0.1, -0.05) is 29.3 Å². The minimum Gasteiger partial charge on any atom is -0.495 e. The Hall–Kier alpha value is -3.09. The molecule has 0 aliphatic rings. The molecule has 2 rings (SSSR count). The Balaban J connectivity index is 2.57. The highest BCUT2D eigenvalue weighted by atomic mass is 35.5. The van der Waals surface area contributed by atoms with Gasteiger partial charge in [-0.3, -0.25) is 24.0 Å². The van der Waals surface area contributed by atoms with Crippen LogP contribution in [0.15, 0.2) is 36.4 Å². The lowest BCUT2D eigenvalue weighted by atomic mass is 10.1. The second-order valence-corrected chi connectivity index (χ2v) is 11.2. The average molecular weight is 575 g/mol. The summed E-state index contributed by atoms with van der Waals surface area (Å²) in [6, 6.07) is 6.87. The third-order valence-electron chi connectivity index (χ3n) is 5.31. The molecule has 0 saturated carbocycles. The van der Waals surface area contributed by atoms with Gasteiger partial charge in [-0.2, -0.15) is 0 Å². The summed E-state index contributed by atoms with van der Waals surface area (Å²) in [5.41, 5.74) is -0.244. The molecule has 0 bridgehead atoms. The Morgan fingerprint density at radius 1 is 1.14 bits per heavy atom. The SMILES string of the molecule is COc1ccc([N+](=O)[O-])cc1N(CC(=O)N(Cc1c(Cl)cccc1Cl)C(C)C(=O)NC(C)C)S(C)(=O)=O. The topological polar surface area (TPSA) is 139 Å². The van der Waals surface area contributed by atoms with Crippen LogP contribution in [0, 0.1) is 10.1 Å². The summed E-state index contributed by atoms with van der Waals surface area (Å²) >= 11 is 12.6. The Kier molecular flexibility index (Phi) is 10.1. The van der Waals surface area contributed by atoms with E-state index in [0.29, 0.717) is 9.87 Å². The molecule has 1 N–H and O–H groups in total. The van der Waals surface area contributed by atoms with Crippen LogP contribution in [-0.2, 0) is 26.2 Å². The van der Waals surface area contributed by atoms with Crippen molar-refractivity contribution in [3.63, 3.8) is 0 Å². The molecule has 0 spiro atoms. The van der Waals surface area contributed by atoms with Crippen LogP contribution in [0.3, 0.4) is 0 Å². The molecule has 1 atom stereocenters. The number of carbonyl (C=O) groups is 2. The maximum Gasteiger partial charge on any atom is 0.271 e. The second kappa shape index (κ2) is 12.4. The minimum atomic E-state index is -4.15. The van der Waals surface area contributed by atoms with Crippen molar-refractivity contribution in [2.24, 2.45) is 0 Å². The van der Waals surface area contributed by atoms with Crippen molar-refractivity contribution in [1.29, 1.82) is 0 Å². The molecule has 14 heteroatoms. The molecule has 202 valence electrons. The van der Waals surface area contributed by atoms with Crippen LogP contribution in [0.2, 0.25) is 10.0 Å². The predicted octanol–water partition coefficient (Wildman–Crippen LogP) is 3.62. The van der Waals surface area contributed by atoms with Crippen LogP contribution in [0.4, 0.5) is 11.4 Å². The second-order valence-electron chi connectivity index (χ2n) is 8.44. The molecular formula is C23H28Cl2N4O7S. The Bertz CT molecular complexity index is 1270. The number of nitro benzene ring substituents is 1. The average Bonchev–Trinajstić information content (AvgIpc) is 2.80. The molecule has 0 saturated heterocycles. The first-order chi connectivity index (χ1) is 17.2. The van der Waals surface area contributed by atoms with Crippen molar-refractivity contribution in [1.82, 2.24) is 10.2 Å². The Morgan fingerprint density at radius 2 is 1.73 bits per heavy atom. The zero-order valence-electron chi connectivity index (χ0n) is 20.9. The van der Waals surface area contributed by atoms with Crippen molar-refractivity contribution >= 4 is 56.4 Å². The fraction of sp³-hybridized carbons (Fsp3) is 0.391. The third-order valence-corrected chi connectivity index (χ3v) is 7.14. The number of carbonyl (C=O) groups excluding carboxylic acids is 2. The van der Waals surface area contributed by atoms with Crippen LogP contribution < -0.4 is 14.4 Å². The van der Waals surface area contributed by atoms with Crippen LogP contribution in [-0.4, -0.2) is 62.0 Å². The van der Waals surface area contributed by atoms with Crippen LogP contribution in [0.25, 0.3) is 0 Å². The number of benzene rings is 2. The lowest BCUT2D eigenvalue weighted by molar-refractivity contribution is -0.384. The summed E-state index contributed by atoms with van der Waals surface area (Å²) < 4.78 is 31.4.